The van der Waals surface area contributed by atoms with Crippen molar-refractivity contribution in [2.24, 2.45) is 34.2 Å². The lowest BCUT2D eigenvalue weighted by atomic mass is 9.81. The Kier molecular flexibility index (Phi) is 6.64. The maximum absolute atomic E-state index is 11.6. The van der Waals surface area contributed by atoms with Gasteiger partial charge in [-0.05, 0) is 18.8 Å². The fourth-order valence-corrected chi connectivity index (χ4v) is 3.58. The third-order valence-corrected chi connectivity index (χ3v) is 4.63. The molecule has 6 N–H and O–H groups in total. The van der Waals surface area contributed by atoms with Crippen LogP contribution in [0, 0.1) is 17.8 Å². The second-order valence-corrected chi connectivity index (χ2v) is 6.09. The number of carbonyl (C=O) groups is 2. The van der Waals surface area contributed by atoms with E-state index in [1.54, 1.807) is 0 Å². The lowest BCUT2D eigenvalue weighted by Crippen LogP contribution is -2.47. The summed E-state index contributed by atoms with van der Waals surface area (Å²) in [6, 6.07) is -0.367. The maximum atomic E-state index is 11.6. The van der Waals surface area contributed by atoms with Crippen LogP contribution in [0.3, 0.4) is 0 Å². The van der Waals surface area contributed by atoms with E-state index in [2.05, 4.69) is 24.2 Å². The first-order chi connectivity index (χ1) is 10.3. The molecule has 0 saturated heterocycles. The lowest BCUT2D eigenvalue weighted by Gasteiger charge is -2.33. The summed E-state index contributed by atoms with van der Waals surface area (Å²) in [6.45, 7) is 5.62. The summed E-state index contributed by atoms with van der Waals surface area (Å²) in [5.74, 6) is -1.23. The number of carboxylic acids is 1. The largest absolute Gasteiger partial charge is 0.481 e. The molecule has 22 heavy (non-hydrogen) atoms. The van der Waals surface area contributed by atoms with E-state index >= 15 is 0 Å². The molecule has 0 radical (unpaired) electrons. The number of nitrogens with zero attached hydrogens (tertiary/aromatic N) is 1. The van der Waals surface area contributed by atoms with E-state index in [0.717, 1.165) is 12.8 Å². The van der Waals surface area contributed by atoms with Crippen LogP contribution in [-0.4, -0.2) is 35.0 Å². The summed E-state index contributed by atoms with van der Waals surface area (Å²) in [7, 11) is 0. The zero-order valence-corrected chi connectivity index (χ0v) is 13.6. The van der Waals surface area contributed by atoms with Gasteiger partial charge in [0.15, 0.2) is 5.96 Å². The minimum absolute atomic E-state index is 0.0350. The number of aliphatic imine (C=N–C) groups is 1. The molecule has 4 atom stereocenters. The van der Waals surface area contributed by atoms with E-state index in [1.165, 1.54) is 6.92 Å². The Morgan fingerprint density at radius 2 is 1.86 bits per heavy atom. The minimum Gasteiger partial charge on any atom is -0.481 e. The number of carboxylic acid groups (broad SMARTS) is 1. The average molecular weight is 312 g/mol. The fraction of sp³-hybridized carbons (Fsp3) is 0.800. The zero-order valence-electron chi connectivity index (χ0n) is 13.6. The van der Waals surface area contributed by atoms with Gasteiger partial charge >= 0.3 is 5.97 Å². The summed E-state index contributed by atoms with van der Waals surface area (Å²) < 4.78 is 0. The van der Waals surface area contributed by atoms with Gasteiger partial charge in [0.1, 0.15) is 0 Å². The molecule has 126 valence electrons. The number of hydrogen-bond donors (Lipinski definition) is 4. The van der Waals surface area contributed by atoms with Crippen molar-refractivity contribution >= 4 is 17.8 Å². The van der Waals surface area contributed by atoms with E-state index in [-0.39, 0.29) is 35.8 Å². The zero-order chi connectivity index (χ0) is 16.9. The van der Waals surface area contributed by atoms with Crippen molar-refractivity contribution in [3.05, 3.63) is 0 Å². The Labute approximate surface area is 131 Å². The summed E-state index contributed by atoms with van der Waals surface area (Å²) in [6.07, 6.45) is 2.71. The molecule has 0 heterocycles. The highest BCUT2D eigenvalue weighted by atomic mass is 16.4. The van der Waals surface area contributed by atoms with Crippen LogP contribution >= 0.6 is 0 Å². The molecule has 0 aromatic carbocycles. The molecule has 1 fully saturated rings. The molecule has 2 unspecified atom stereocenters. The Hall–Kier alpha value is -1.79. The predicted molar refractivity (Wildman–Crippen MR) is 85.1 cm³/mol. The van der Waals surface area contributed by atoms with Gasteiger partial charge in [-0.1, -0.05) is 26.7 Å². The van der Waals surface area contributed by atoms with E-state index in [9.17, 15) is 14.7 Å². The van der Waals surface area contributed by atoms with Gasteiger partial charge in [-0.15, -0.1) is 0 Å². The van der Waals surface area contributed by atoms with Crippen molar-refractivity contribution in [1.82, 2.24) is 5.32 Å². The Morgan fingerprint density at radius 3 is 2.27 bits per heavy atom. The topological polar surface area (TPSA) is 131 Å². The second kappa shape index (κ2) is 8.00. The summed E-state index contributed by atoms with van der Waals surface area (Å²) in [4.78, 5) is 27.1. The average Bonchev–Trinajstić information content (AvgIpc) is 2.81. The highest BCUT2D eigenvalue weighted by Crippen LogP contribution is 2.39. The first-order valence-corrected chi connectivity index (χ1v) is 7.88. The van der Waals surface area contributed by atoms with Crippen molar-refractivity contribution in [3.8, 4) is 0 Å². The molecule has 1 rings (SSSR count). The molecule has 1 aliphatic carbocycles. The molecule has 0 aromatic heterocycles. The van der Waals surface area contributed by atoms with Crippen molar-refractivity contribution in [1.29, 1.82) is 0 Å². The molecule has 0 aromatic rings. The highest BCUT2D eigenvalue weighted by Gasteiger charge is 2.44. The quantitative estimate of drug-likeness (QED) is 0.405. The van der Waals surface area contributed by atoms with E-state index in [1.807, 2.05) is 0 Å². The summed E-state index contributed by atoms with van der Waals surface area (Å²) in [5.41, 5.74) is 11.0. The maximum Gasteiger partial charge on any atom is 0.306 e. The molecule has 1 saturated carbocycles. The van der Waals surface area contributed by atoms with Gasteiger partial charge in [0.05, 0.1) is 12.0 Å². The Morgan fingerprint density at radius 1 is 1.27 bits per heavy atom. The van der Waals surface area contributed by atoms with Gasteiger partial charge < -0.3 is 21.9 Å². The van der Waals surface area contributed by atoms with Crippen LogP contribution in [0.2, 0.25) is 0 Å². The molecule has 1 amide bonds. The molecular weight excluding hydrogens is 284 g/mol. The number of aliphatic carboxylic acids is 1. The molecule has 0 spiro atoms. The molecule has 0 bridgehead atoms. The lowest BCUT2D eigenvalue weighted by molar-refractivity contribution is -0.141. The van der Waals surface area contributed by atoms with Gasteiger partial charge in [-0.25, -0.2) is 4.99 Å². The number of hydrogen-bond acceptors (Lipinski definition) is 3. The van der Waals surface area contributed by atoms with Crippen LogP contribution in [-0.2, 0) is 9.59 Å². The van der Waals surface area contributed by atoms with Crippen LogP contribution in [0.5, 0.6) is 0 Å². The third-order valence-electron chi connectivity index (χ3n) is 4.63. The smallest absolute Gasteiger partial charge is 0.306 e. The number of carbonyl (C=O) groups excluding carboxylic acids is 1. The number of guanidine groups is 1. The first kappa shape index (κ1) is 18.3. The van der Waals surface area contributed by atoms with Crippen LogP contribution in [0.25, 0.3) is 0 Å². The third kappa shape index (κ3) is 4.61. The standard InChI is InChI=1S/C15H28N4O3/c1-4-9(5-2)13(18-8(3)20)11-6-10(14(21)22)7-12(11)19-15(16)17/h9-13H,4-7H2,1-3H3,(H,18,20)(H,21,22)(H4,16,17,19)/t10-,11?,12-,13?/m1/s1. The van der Waals surface area contributed by atoms with Crippen molar-refractivity contribution in [2.45, 2.75) is 58.5 Å². The molecular formula is C15H28N4O3. The molecule has 1 aliphatic rings. The monoisotopic (exact) mass is 312 g/mol. The van der Waals surface area contributed by atoms with Crippen molar-refractivity contribution in [3.63, 3.8) is 0 Å². The summed E-state index contributed by atoms with van der Waals surface area (Å²) in [5, 5.41) is 12.3. The van der Waals surface area contributed by atoms with E-state index in [0.29, 0.717) is 12.8 Å². The highest BCUT2D eigenvalue weighted by molar-refractivity contribution is 5.76. The molecule has 0 aliphatic heterocycles. The normalized spacial score (nSPS) is 25.7. The van der Waals surface area contributed by atoms with Gasteiger partial charge in [-0.2, -0.15) is 0 Å². The van der Waals surface area contributed by atoms with Crippen LogP contribution in [0.1, 0.15) is 46.5 Å². The number of nitrogens with two attached hydrogens (primary N) is 2. The number of nitrogens with one attached hydrogen (secondary N) is 1. The van der Waals surface area contributed by atoms with Crippen molar-refractivity contribution < 1.29 is 14.7 Å². The number of rotatable bonds is 7. The Balaban J connectivity index is 3.08. The van der Waals surface area contributed by atoms with Gasteiger partial charge in [0.25, 0.3) is 0 Å². The minimum atomic E-state index is -0.829. The Bertz CT molecular complexity index is 431. The molecule has 7 heteroatoms. The van der Waals surface area contributed by atoms with Crippen LogP contribution in [0.15, 0.2) is 4.99 Å². The summed E-state index contributed by atoms with van der Waals surface area (Å²) >= 11 is 0. The molecule has 7 nitrogen and oxygen atoms in total. The van der Waals surface area contributed by atoms with Gasteiger partial charge in [-0.3, -0.25) is 9.59 Å². The SMILES string of the molecule is CCC(CC)C(NC(C)=O)C1C[C@@H](C(=O)O)C[C@H]1N=C(N)N. The number of amides is 1. The van der Waals surface area contributed by atoms with Gasteiger partial charge in [0, 0.05) is 18.9 Å². The second-order valence-electron chi connectivity index (χ2n) is 6.09. The first-order valence-electron chi connectivity index (χ1n) is 7.88. The predicted octanol–water partition coefficient (Wildman–Crippen LogP) is 0.680. The van der Waals surface area contributed by atoms with Crippen LogP contribution < -0.4 is 16.8 Å². The van der Waals surface area contributed by atoms with Crippen LogP contribution in [0.4, 0.5) is 0 Å². The van der Waals surface area contributed by atoms with E-state index < -0.39 is 11.9 Å². The van der Waals surface area contributed by atoms with Gasteiger partial charge in [0.2, 0.25) is 5.91 Å². The van der Waals surface area contributed by atoms with Crippen molar-refractivity contribution in [2.75, 3.05) is 0 Å². The fourth-order valence-electron chi connectivity index (χ4n) is 3.58. The van der Waals surface area contributed by atoms with E-state index in [4.69, 9.17) is 11.5 Å².